The molecule has 0 aromatic carbocycles. The van der Waals surface area contributed by atoms with Crippen molar-refractivity contribution in [3.63, 3.8) is 0 Å². The van der Waals surface area contributed by atoms with E-state index in [1.807, 2.05) is 12.3 Å². The van der Waals surface area contributed by atoms with E-state index >= 15 is 0 Å². The summed E-state index contributed by atoms with van der Waals surface area (Å²) in [5.41, 5.74) is 1.58. The van der Waals surface area contributed by atoms with Crippen molar-refractivity contribution in [1.82, 2.24) is 20.5 Å². The standard InChI is InChI=1S/C14H26N4/c1-14(2,12-18-8-6-15-7-9-18)11-16-10-13-4-3-5-17-13/h3-5,15-17H,6-12H2,1-2H3. The molecule has 2 heterocycles. The maximum atomic E-state index is 3.54. The third-order valence-electron chi connectivity index (χ3n) is 3.44. The lowest BCUT2D eigenvalue weighted by atomic mass is 9.92. The van der Waals surface area contributed by atoms with Crippen LogP contribution in [0.15, 0.2) is 18.3 Å². The molecule has 0 aliphatic carbocycles. The molecule has 1 fully saturated rings. The van der Waals surface area contributed by atoms with Gasteiger partial charge < -0.3 is 20.5 Å². The molecule has 18 heavy (non-hydrogen) atoms. The van der Waals surface area contributed by atoms with Gasteiger partial charge in [0.2, 0.25) is 0 Å². The SMILES string of the molecule is CC(C)(CNCc1ccc[nH]1)CN1CCNCC1. The number of hydrogen-bond donors (Lipinski definition) is 3. The average Bonchev–Trinajstić information content (AvgIpc) is 2.82. The van der Waals surface area contributed by atoms with E-state index in [-0.39, 0.29) is 0 Å². The van der Waals surface area contributed by atoms with Gasteiger partial charge in [0.05, 0.1) is 0 Å². The summed E-state index contributed by atoms with van der Waals surface area (Å²) in [6, 6.07) is 4.17. The first kappa shape index (κ1) is 13.6. The van der Waals surface area contributed by atoms with Gasteiger partial charge in [0.1, 0.15) is 0 Å². The lowest BCUT2D eigenvalue weighted by Gasteiger charge is -2.35. The summed E-state index contributed by atoms with van der Waals surface area (Å²) in [6.07, 6.45) is 1.98. The molecular weight excluding hydrogens is 224 g/mol. The third-order valence-corrected chi connectivity index (χ3v) is 3.44. The van der Waals surface area contributed by atoms with Crippen molar-refractivity contribution in [1.29, 1.82) is 0 Å². The van der Waals surface area contributed by atoms with Crippen molar-refractivity contribution in [2.24, 2.45) is 5.41 Å². The van der Waals surface area contributed by atoms with Crippen LogP contribution in [0.4, 0.5) is 0 Å². The fourth-order valence-electron chi connectivity index (χ4n) is 2.54. The van der Waals surface area contributed by atoms with Crippen molar-refractivity contribution in [3.05, 3.63) is 24.0 Å². The van der Waals surface area contributed by atoms with Crippen LogP contribution in [0.5, 0.6) is 0 Å². The van der Waals surface area contributed by atoms with Crippen molar-refractivity contribution < 1.29 is 0 Å². The monoisotopic (exact) mass is 250 g/mol. The first-order valence-corrected chi connectivity index (χ1v) is 6.92. The lowest BCUT2D eigenvalue weighted by Crippen LogP contribution is -2.48. The van der Waals surface area contributed by atoms with Crippen LogP contribution in [0.2, 0.25) is 0 Å². The second kappa shape index (κ2) is 6.36. The summed E-state index contributed by atoms with van der Waals surface area (Å²) in [4.78, 5) is 5.79. The van der Waals surface area contributed by atoms with Gasteiger partial charge in [0, 0.05) is 57.7 Å². The number of aromatic nitrogens is 1. The predicted molar refractivity (Wildman–Crippen MR) is 75.6 cm³/mol. The molecule has 3 N–H and O–H groups in total. The largest absolute Gasteiger partial charge is 0.364 e. The van der Waals surface area contributed by atoms with Crippen molar-refractivity contribution in [2.45, 2.75) is 20.4 Å². The molecule has 1 aliphatic rings. The first-order valence-electron chi connectivity index (χ1n) is 6.92. The Bertz CT molecular complexity index is 326. The summed E-state index contributed by atoms with van der Waals surface area (Å²) in [7, 11) is 0. The molecular formula is C14H26N4. The van der Waals surface area contributed by atoms with Gasteiger partial charge in [-0.1, -0.05) is 13.8 Å². The lowest BCUT2D eigenvalue weighted by molar-refractivity contribution is 0.158. The number of hydrogen-bond acceptors (Lipinski definition) is 3. The quantitative estimate of drug-likeness (QED) is 0.707. The Morgan fingerprint density at radius 2 is 2.11 bits per heavy atom. The van der Waals surface area contributed by atoms with Crippen LogP contribution in [0, 0.1) is 5.41 Å². The molecule has 1 aromatic heterocycles. The zero-order chi connectivity index (χ0) is 12.8. The number of nitrogens with zero attached hydrogens (tertiary/aromatic N) is 1. The smallest absolute Gasteiger partial charge is 0.0357 e. The predicted octanol–water partition coefficient (Wildman–Crippen LogP) is 1.04. The minimum absolute atomic E-state index is 0.323. The van der Waals surface area contributed by atoms with Gasteiger partial charge in [0.15, 0.2) is 0 Å². The Labute approximate surface area is 110 Å². The number of H-pyrrole nitrogens is 1. The minimum atomic E-state index is 0.323. The molecule has 102 valence electrons. The second-order valence-electron chi connectivity index (χ2n) is 5.99. The fourth-order valence-corrected chi connectivity index (χ4v) is 2.54. The van der Waals surface area contributed by atoms with Crippen LogP contribution < -0.4 is 10.6 Å². The van der Waals surface area contributed by atoms with Gasteiger partial charge in [-0.15, -0.1) is 0 Å². The Morgan fingerprint density at radius 1 is 1.33 bits per heavy atom. The minimum Gasteiger partial charge on any atom is -0.364 e. The fraction of sp³-hybridized carbons (Fsp3) is 0.714. The highest BCUT2D eigenvalue weighted by molar-refractivity contribution is 5.03. The number of piperazine rings is 1. The van der Waals surface area contributed by atoms with Gasteiger partial charge in [-0.2, -0.15) is 0 Å². The Kier molecular flexibility index (Phi) is 4.80. The zero-order valence-electron chi connectivity index (χ0n) is 11.6. The zero-order valence-corrected chi connectivity index (χ0v) is 11.6. The topological polar surface area (TPSA) is 43.1 Å². The summed E-state index contributed by atoms with van der Waals surface area (Å²) < 4.78 is 0. The molecule has 0 bridgehead atoms. The molecule has 2 rings (SSSR count). The first-order chi connectivity index (χ1) is 8.66. The molecule has 1 aliphatic heterocycles. The molecule has 0 unspecified atom stereocenters. The van der Waals surface area contributed by atoms with Crippen LogP contribution in [0.25, 0.3) is 0 Å². The molecule has 0 spiro atoms. The van der Waals surface area contributed by atoms with Crippen LogP contribution in [-0.4, -0.2) is 49.2 Å². The average molecular weight is 250 g/mol. The van der Waals surface area contributed by atoms with E-state index in [1.165, 1.54) is 25.3 Å². The molecule has 4 heteroatoms. The van der Waals surface area contributed by atoms with Crippen molar-refractivity contribution >= 4 is 0 Å². The van der Waals surface area contributed by atoms with Crippen LogP contribution in [0.3, 0.4) is 0 Å². The van der Waals surface area contributed by atoms with Crippen LogP contribution >= 0.6 is 0 Å². The van der Waals surface area contributed by atoms with E-state index in [2.05, 4.69) is 40.4 Å². The molecule has 4 nitrogen and oxygen atoms in total. The molecule has 0 amide bonds. The maximum absolute atomic E-state index is 3.54. The molecule has 1 saturated heterocycles. The Morgan fingerprint density at radius 3 is 2.78 bits per heavy atom. The van der Waals surface area contributed by atoms with E-state index in [1.54, 1.807) is 0 Å². The summed E-state index contributed by atoms with van der Waals surface area (Å²) in [6.45, 7) is 12.5. The number of nitrogens with one attached hydrogen (secondary N) is 3. The normalized spacial score (nSPS) is 18.1. The van der Waals surface area contributed by atoms with E-state index in [4.69, 9.17) is 0 Å². The molecule has 0 atom stereocenters. The van der Waals surface area contributed by atoms with Gasteiger partial charge in [0.25, 0.3) is 0 Å². The van der Waals surface area contributed by atoms with Crippen molar-refractivity contribution in [3.8, 4) is 0 Å². The summed E-state index contributed by atoms with van der Waals surface area (Å²) in [5, 5.41) is 6.94. The highest BCUT2D eigenvalue weighted by Gasteiger charge is 2.22. The van der Waals surface area contributed by atoms with Crippen LogP contribution in [0.1, 0.15) is 19.5 Å². The molecule has 0 saturated carbocycles. The number of rotatable bonds is 6. The van der Waals surface area contributed by atoms with E-state index < -0.39 is 0 Å². The van der Waals surface area contributed by atoms with Gasteiger partial charge in [-0.3, -0.25) is 0 Å². The van der Waals surface area contributed by atoms with E-state index in [0.29, 0.717) is 5.41 Å². The summed E-state index contributed by atoms with van der Waals surface area (Å²) >= 11 is 0. The highest BCUT2D eigenvalue weighted by Crippen LogP contribution is 2.16. The Hall–Kier alpha value is -0.840. The van der Waals surface area contributed by atoms with Crippen molar-refractivity contribution in [2.75, 3.05) is 39.3 Å². The number of aromatic amines is 1. The summed E-state index contributed by atoms with van der Waals surface area (Å²) in [5.74, 6) is 0. The van der Waals surface area contributed by atoms with E-state index in [9.17, 15) is 0 Å². The van der Waals surface area contributed by atoms with Crippen LogP contribution in [-0.2, 0) is 6.54 Å². The van der Waals surface area contributed by atoms with Gasteiger partial charge >= 0.3 is 0 Å². The highest BCUT2D eigenvalue weighted by atomic mass is 15.2. The van der Waals surface area contributed by atoms with Gasteiger partial charge in [-0.25, -0.2) is 0 Å². The Balaban J connectivity index is 1.69. The third kappa shape index (κ3) is 4.44. The molecule has 1 aromatic rings. The van der Waals surface area contributed by atoms with E-state index in [0.717, 1.165) is 26.2 Å². The second-order valence-corrected chi connectivity index (χ2v) is 5.99. The maximum Gasteiger partial charge on any atom is 0.0357 e. The van der Waals surface area contributed by atoms with Gasteiger partial charge in [-0.05, 0) is 17.5 Å². The molecule has 0 radical (unpaired) electrons.